The highest BCUT2D eigenvalue weighted by Gasteiger charge is 2.42. The number of piperidine rings is 1. The lowest BCUT2D eigenvalue weighted by molar-refractivity contribution is -0.152. The number of amides is 2. The average Bonchev–Trinajstić information content (AvgIpc) is 3.00. The molecule has 1 saturated heterocycles. The molecule has 0 bridgehead atoms. The third-order valence-electron chi connectivity index (χ3n) is 4.14. The Morgan fingerprint density at radius 3 is 3.00 bits per heavy atom. The lowest BCUT2D eigenvalue weighted by Gasteiger charge is -2.39. The quantitative estimate of drug-likeness (QED) is 0.871. The molecule has 0 saturated carbocycles. The highest BCUT2D eigenvalue weighted by molar-refractivity contribution is 7.07. The first-order valence-corrected chi connectivity index (χ1v) is 8.15. The number of hydrogen-bond acceptors (Lipinski definition) is 4. The SMILES string of the molecule is CCC1(C(=O)O)CCCN(C(=O)NCCc2cscn2)C1. The van der Waals surface area contributed by atoms with E-state index in [4.69, 9.17) is 0 Å². The number of hydrogen-bond donors (Lipinski definition) is 2. The van der Waals surface area contributed by atoms with Gasteiger partial charge in [-0.1, -0.05) is 6.92 Å². The van der Waals surface area contributed by atoms with E-state index in [1.807, 2.05) is 12.3 Å². The molecule has 7 heteroatoms. The topological polar surface area (TPSA) is 82.5 Å². The van der Waals surface area contributed by atoms with Crippen LogP contribution >= 0.6 is 11.3 Å². The van der Waals surface area contributed by atoms with Gasteiger partial charge in [-0.3, -0.25) is 4.79 Å². The maximum atomic E-state index is 12.2. The highest BCUT2D eigenvalue weighted by Crippen LogP contribution is 2.33. The van der Waals surface area contributed by atoms with Crippen molar-refractivity contribution in [1.82, 2.24) is 15.2 Å². The molecule has 2 rings (SSSR count). The molecule has 0 spiro atoms. The number of carboxylic acids is 1. The first-order chi connectivity index (χ1) is 10.1. The smallest absolute Gasteiger partial charge is 0.317 e. The molecule has 2 N–H and O–H groups in total. The lowest BCUT2D eigenvalue weighted by Crippen LogP contribution is -2.52. The minimum Gasteiger partial charge on any atom is -0.481 e. The van der Waals surface area contributed by atoms with Crippen LogP contribution in [0.5, 0.6) is 0 Å². The second-order valence-electron chi connectivity index (χ2n) is 5.43. The Kier molecular flexibility index (Phi) is 5.17. The summed E-state index contributed by atoms with van der Waals surface area (Å²) in [6, 6.07) is -0.177. The van der Waals surface area contributed by atoms with Crippen molar-refractivity contribution in [2.75, 3.05) is 19.6 Å². The van der Waals surface area contributed by atoms with Crippen molar-refractivity contribution in [3.63, 3.8) is 0 Å². The molecule has 1 aliphatic heterocycles. The van der Waals surface area contributed by atoms with Gasteiger partial charge in [-0.25, -0.2) is 9.78 Å². The summed E-state index contributed by atoms with van der Waals surface area (Å²) in [6.45, 7) is 3.31. The van der Waals surface area contributed by atoms with Gasteiger partial charge in [-0.2, -0.15) is 0 Å². The molecule has 1 aromatic heterocycles. The average molecular weight is 311 g/mol. The van der Waals surface area contributed by atoms with Crippen molar-refractivity contribution >= 4 is 23.3 Å². The fourth-order valence-electron chi connectivity index (χ4n) is 2.69. The Hall–Kier alpha value is -1.63. The Bertz CT molecular complexity index is 492. The monoisotopic (exact) mass is 311 g/mol. The van der Waals surface area contributed by atoms with Gasteiger partial charge in [0, 0.05) is 31.4 Å². The van der Waals surface area contributed by atoms with Crippen LogP contribution in [-0.2, 0) is 11.2 Å². The van der Waals surface area contributed by atoms with Gasteiger partial charge >= 0.3 is 12.0 Å². The van der Waals surface area contributed by atoms with E-state index in [0.717, 1.165) is 12.1 Å². The summed E-state index contributed by atoms with van der Waals surface area (Å²) < 4.78 is 0. The van der Waals surface area contributed by atoms with Crippen molar-refractivity contribution in [1.29, 1.82) is 0 Å². The molecule has 116 valence electrons. The van der Waals surface area contributed by atoms with Crippen LogP contribution in [0.25, 0.3) is 0 Å². The van der Waals surface area contributed by atoms with Crippen molar-refractivity contribution in [2.24, 2.45) is 5.41 Å². The minimum atomic E-state index is -0.801. The predicted molar refractivity (Wildman–Crippen MR) is 80.4 cm³/mol. The standard InChI is InChI=1S/C14H21N3O3S/c1-2-14(12(18)19)5-3-7-17(9-14)13(20)15-6-4-11-8-21-10-16-11/h8,10H,2-7,9H2,1H3,(H,15,20)(H,18,19). The van der Waals surface area contributed by atoms with E-state index in [2.05, 4.69) is 10.3 Å². The van der Waals surface area contributed by atoms with Crippen molar-refractivity contribution < 1.29 is 14.7 Å². The van der Waals surface area contributed by atoms with E-state index in [9.17, 15) is 14.7 Å². The second kappa shape index (κ2) is 6.89. The Morgan fingerprint density at radius 1 is 1.57 bits per heavy atom. The third kappa shape index (κ3) is 3.72. The zero-order valence-electron chi connectivity index (χ0n) is 12.2. The fourth-order valence-corrected chi connectivity index (χ4v) is 3.28. The van der Waals surface area contributed by atoms with Crippen LogP contribution in [0.3, 0.4) is 0 Å². The first kappa shape index (κ1) is 15.8. The number of aromatic nitrogens is 1. The van der Waals surface area contributed by atoms with Gasteiger partial charge in [-0.15, -0.1) is 11.3 Å². The summed E-state index contributed by atoms with van der Waals surface area (Å²) in [5.41, 5.74) is 1.95. The number of nitrogens with one attached hydrogen (secondary N) is 1. The van der Waals surface area contributed by atoms with Gasteiger partial charge in [0.1, 0.15) is 0 Å². The summed E-state index contributed by atoms with van der Waals surface area (Å²) in [6.07, 6.45) is 2.62. The van der Waals surface area contributed by atoms with Crippen LogP contribution in [0.15, 0.2) is 10.9 Å². The van der Waals surface area contributed by atoms with E-state index in [0.29, 0.717) is 38.9 Å². The van der Waals surface area contributed by atoms with Gasteiger partial charge in [0.05, 0.1) is 16.6 Å². The van der Waals surface area contributed by atoms with Crippen LogP contribution in [0.1, 0.15) is 31.9 Å². The van der Waals surface area contributed by atoms with Crippen LogP contribution in [0.4, 0.5) is 4.79 Å². The molecule has 1 aromatic rings. The number of nitrogens with zero attached hydrogens (tertiary/aromatic N) is 2. The Labute approximate surface area is 128 Å². The van der Waals surface area contributed by atoms with E-state index in [1.54, 1.807) is 10.4 Å². The second-order valence-corrected chi connectivity index (χ2v) is 6.14. The molecule has 1 atom stereocenters. The summed E-state index contributed by atoms with van der Waals surface area (Å²) in [7, 11) is 0. The third-order valence-corrected chi connectivity index (χ3v) is 4.77. The lowest BCUT2D eigenvalue weighted by atomic mass is 9.78. The minimum absolute atomic E-state index is 0.177. The van der Waals surface area contributed by atoms with Crippen molar-refractivity contribution in [2.45, 2.75) is 32.6 Å². The van der Waals surface area contributed by atoms with E-state index in [-0.39, 0.29) is 6.03 Å². The summed E-state index contributed by atoms with van der Waals surface area (Å²) in [5, 5.41) is 14.2. The molecule has 21 heavy (non-hydrogen) atoms. The number of carbonyl (C=O) groups excluding carboxylic acids is 1. The van der Waals surface area contributed by atoms with Crippen LogP contribution < -0.4 is 5.32 Å². The number of aliphatic carboxylic acids is 1. The molecule has 1 fully saturated rings. The van der Waals surface area contributed by atoms with Gasteiger partial charge in [0.25, 0.3) is 0 Å². The fraction of sp³-hybridized carbons (Fsp3) is 0.643. The molecule has 2 heterocycles. The Balaban J connectivity index is 1.85. The maximum Gasteiger partial charge on any atom is 0.317 e. The van der Waals surface area contributed by atoms with Crippen LogP contribution in [0, 0.1) is 5.41 Å². The molecule has 1 aliphatic rings. The largest absolute Gasteiger partial charge is 0.481 e. The van der Waals surface area contributed by atoms with Crippen LogP contribution in [0.2, 0.25) is 0 Å². The molecule has 1 unspecified atom stereocenters. The normalized spacial score (nSPS) is 22.0. The number of likely N-dealkylation sites (tertiary alicyclic amines) is 1. The summed E-state index contributed by atoms with van der Waals surface area (Å²) in [4.78, 5) is 29.4. The predicted octanol–water partition coefficient (Wildman–Crippen LogP) is 1.97. The van der Waals surface area contributed by atoms with Crippen LogP contribution in [-0.4, -0.2) is 46.6 Å². The van der Waals surface area contributed by atoms with Crippen molar-refractivity contribution in [3.05, 3.63) is 16.6 Å². The molecule has 2 amide bonds. The van der Waals surface area contributed by atoms with Crippen molar-refractivity contribution in [3.8, 4) is 0 Å². The Morgan fingerprint density at radius 2 is 2.38 bits per heavy atom. The zero-order chi connectivity index (χ0) is 15.3. The molecule has 6 nitrogen and oxygen atoms in total. The van der Waals surface area contributed by atoms with E-state index in [1.165, 1.54) is 11.3 Å². The molecule has 0 aromatic carbocycles. The highest BCUT2D eigenvalue weighted by atomic mass is 32.1. The number of rotatable bonds is 5. The summed E-state index contributed by atoms with van der Waals surface area (Å²) >= 11 is 1.53. The van der Waals surface area contributed by atoms with Gasteiger partial charge < -0.3 is 15.3 Å². The van der Waals surface area contributed by atoms with Gasteiger partial charge in [0.2, 0.25) is 0 Å². The summed E-state index contributed by atoms with van der Waals surface area (Å²) in [5.74, 6) is -0.801. The molecule has 0 aliphatic carbocycles. The number of carbonyl (C=O) groups is 2. The van der Waals surface area contributed by atoms with E-state index >= 15 is 0 Å². The number of thiazole rings is 1. The van der Waals surface area contributed by atoms with E-state index < -0.39 is 11.4 Å². The molecular formula is C14H21N3O3S. The number of carboxylic acid groups (broad SMARTS) is 1. The zero-order valence-corrected chi connectivity index (χ0v) is 13.0. The first-order valence-electron chi connectivity index (χ1n) is 7.20. The van der Waals surface area contributed by atoms with Gasteiger partial charge in [-0.05, 0) is 19.3 Å². The van der Waals surface area contributed by atoms with Gasteiger partial charge in [0.15, 0.2) is 0 Å². The molecular weight excluding hydrogens is 290 g/mol. The molecule has 0 radical (unpaired) electrons. The number of urea groups is 1. The maximum absolute atomic E-state index is 12.2.